The highest BCUT2D eigenvalue weighted by Gasteiger charge is 2.44. The molecule has 3 unspecified atom stereocenters. The molecular weight excluding hydrogens is 160 g/mol. The molecule has 1 heteroatoms. The minimum Gasteiger partial charge on any atom is -0.393 e. The number of aliphatic hydroxyl groups excluding tert-OH is 1. The summed E-state index contributed by atoms with van der Waals surface area (Å²) in [5, 5.41) is 9.65. The molecule has 0 aromatic heterocycles. The average Bonchev–Trinajstić information content (AvgIpc) is 2.46. The Bertz CT molecular complexity index is 231. The van der Waals surface area contributed by atoms with Gasteiger partial charge in [-0.15, -0.1) is 0 Å². The molecule has 2 aliphatic rings. The molecule has 0 aliphatic heterocycles. The van der Waals surface area contributed by atoms with Gasteiger partial charge in [0.1, 0.15) is 0 Å². The zero-order valence-electron chi connectivity index (χ0n) is 8.71. The SMILES string of the molecule is CC1=CCCC(C)C12CCC(O)C2. The van der Waals surface area contributed by atoms with Gasteiger partial charge in [-0.05, 0) is 50.4 Å². The minimum absolute atomic E-state index is 0.0381. The Morgan fingerprint density at radius 3 is 2.77 bits per heavy atom. The van der Waals surface area contributed by atoms with Gasteiger partial charge >= 0.3 is 0 Å². The highest BCUT2D eigenvalue weighted by Crippen LogP contribution is 2.53. The topological polar surface area (TPSA) is 20.2 Å². The fraction of sp³-hybridized carbons (Fsp3) is 0.833. The molecule has 2 aliphatic carbocycles. The number of aliphatic hydroxyl groups is 1. The first kappa shape index (κ1) is 9.26. The summed E-state index contributed by atoms with van der Waals surface area (Å²) in [6, 6.07) is 0. The van der Waals surface area contributed by atoms with Crippen molar-refractivity contribution in [1.82, 2.24) is 0 Å². The van der Waals surface area contributed by atoms with E-state index in [1.165, 1.54) is 19.3 Å². The van der Waals surface area contributed by atoms with Crippen molar-refractivity contribution in [3.05, 3.63) is 11.6 Å². The summed E-state index contributed by atoms with van der Waals surface area (Å²) >= 11 is 0. The lowest BCUT2D eigenvalue weighted by Crippen LogP contribution is -2.30. The molecule has 0 radical (unpaired) electrons. The molecule has 1 nitrogen and oxygen atoms in total. The Morgan fingerprint density at radius 2 is 2.23 bits per heavy atom. The van der Waals surface area contributed by atoms with E-state index in [0.29, 0.717) is 5.41 Å². The number of hydrogen-bond acceptors (Lipinski definition) is 1. The first-order valence-corrected chi connectivity index (χ1v) is 5.50. The average molecular weight is 180 g/mol. The van der Waals surface area contributed by atoms with E-state index >= 15 is 0 Å². The van der Waals surface area contributed by atoms with Crippen LogP contribution in [-0.4, -0.2) is 11.2 Å². The van der Waals surface area contributed by atoms with E-state index < -0.39 is 0 Å². The Morgan fingerprint density at radius 1 is 1.46 bits per heavy atom. The van der Waals surface area contributed by atoms with Crippen molar-refractivity contribution in [3.63, 3.8) is 0 Å². The fourth-order valence-corrected chi connectivity index (χ4v) is 3.27. The largest absolute Gasteiger partial charge is 0.393 e. The van der Waals surface area contributed by atoms with Gasteiger partial charge in [0.2, 0.25) is 0 Å². The van der Waals surface area contributed by atoms with Crippen molar-refractivity contribution in [1.29, 1.82) is 0 Å². The van der Waals surface area contributed by atoms with E-state index in [1.807, 2.05) is 0 Å². The van der Waals surface area contributed by atoms with Gasteiger partial charge in [-0.1, -0.05) is 18.6 Å². The predicted octanol–water partition coefficient (Wildman–Crippen LogP) is 2.89. The van der Waals surface area contributed by atoms with Gasteiger partial charge in [0, 0.05) is 0 Å². The maximum atomic E-state index is 9.65. The zero-order valence-corrected chi connectivity index (χ0v) is 8.71. The number of hydrogen-bond donors (Lipinski definition) is 1. The third-order valence-electron chi connectivity index (χ3n) is 4.30. The Balaban J connectivity index is 2.27. The summed E-state index contributed by atoms with van der Waals surface area (Å²) < 4.78 is 0. The quantitative estimate of drug-likeness (QED) is 0.568. The minimum atomic E-state index is -0.0381. The summed E-state index contributed by atoms with van der Waals surface area (Å²) in [5.74, 6) is 0.773. The summed E-state index contributed by atoms with van der Waals surface area (Å²) in [6.07, 6.45) is 8.13. The van der Waals surface area contributed by atoms with Gasteiger partial charge in [0.15, 0.2) is 0 Å². The van der Waals surface area contributed by atoms with Crippen LogP contribution in [-0.2, 0) is 0 Å². The van der Waals surface area contributed by atoms with Crippen molar-refractivity contribution in [2.24, 2.45) is 11.3 Å². The number of allylic oxidation sites excluding steroid dienone is 2. The second-order valence-electron chi connectivity index (χ2n) is 4.92. The van der Waals surface area contributed by atoms with Crippen LogP contribution in [0.25, 0.3) is 0 Å². The normalized spacial score (nSPS) is 45.3. The van der Waals surface area contributed by atoms with Crippen LogP contribution in [0.2, 0.25) is 0 Å². The zero-order chi connectivity index (χ0) is 9.47. The summed E-state index contributed by atoms with van der Waals surface area (Å²) in [5.41, 5.74) is 1.92. The van der Waals surface area contributed by atoms with Crippen LogP contribution in [0.4, 0.5) is 0 Å². The lowest BCUT2D eigenvalue weighted by atomic mass is 9.65. The molecule has 1 saturated carbocycles. The third kappa shape index (κ3) is 1.34. The van der Waals surface area contributed by atoms with Crippen molar-refractivity contribution in [3.8, 4) is 0 Å². The maximum absolute atomic E-state index is 9.65. The van der Waals surface area contributed by atoms with E-state index in [9.17, 15) is 5.11 Å². The number of rotatable bonds is 0. The van der Waals surface area contributed by atoms with Crippen LogP contribution in [0.15, 0.2) is 11.6 Å². The Labute approximate surface area is 80.8 Å². The van der Waals surface area contributed by atoms with Crippen LogP contribution < -0.4 is 0 Å². The van der Waals surface area contributed by atoms with E-state index in [2.05, 4.69) is 19.9 Å². The standard InChI is InChI=1S/C12H20O/c1-9-4-3-5-10(2)12(9)7-6-11(13)8-12/h4,10-11,13H,3,5-8H2,1-2H3. The molecule has 0 heterocycles. The predicted molar refractivity (Wildman–Crippen MR) is 54.4 cm³/mol. The summed E-state index contributed by atoms with van der Waals surface area (Å²) in [7, 11) is 0. The van der Waals surface area contributed by atoms with Gasteiger partial charge < -0.3 is 5.11 Å². The van der Waals surface area contributed by atoms with Gasteiger partial charge in [0.05, 0.1) is 6.10 Å². The van der Waals surface area contributed by atoms with E-state index in [0.717, 1.165) is 18.8 Å². The van der Waals surface area contributed by atoms with E-state index in [1.54, 1.807) is 5.57 Å². The van der Waals surface area contributed by atoms with Crippen molar-refractivity contribution < 1.29 is 5.11 Å². The smallest absolute Gasteiger partial charge is 0.0549 e. The molecule has 13 heavy (non-hydrogen) atoms. The van der Waals surface area contributed by atoms with Crippen LogP contribution in [0, 0.1) is 11.3 Å². The van der Waals surface area contributed by atoms with Crippen molar-refractivity contribution in [2.45, 2.75) is 52.1 Å². The van der Waals surface area contributed by atoms with Gasteiger partial charge in [-0.3, -0.25) is 0 Å². The lowest BCUT2D eigenvalue weighted by Gasteiger charge is -2.40. The maximum Gasteiger partial charge on any atom is 0.0549 e. The molecule has 0 saturated heterocycles. The Kier molecular flexibility index (Phi) is 2.23. The molecule has 0 amide bonds. The van der Waals surface area contributed by atoms with Crippen LogP contribution in [0.1, 0.15) is 46.0 Å². The first-order chi connectivity index (χ1) is 6.15. The highest BCUT2D eigenvalue weighted by molar-refractivity contribution is 5.19. The van der Waals surface area contributed by atoms with Crippen molar-refractivity contribution >= 4 is 0 Å². The first-order valence-electron chi connectivity index (χ1n) is 5.50. The van der Waals surface area contributed by atoms with Crippen LogP contribution in [0.3, 0.4) is 0 Å². The second-order valence-corrected chi connectivity index (χ2v) is 4.92. The van der Waals surface area contributed by atoms with Crippen LogP contribution >= 0.6 is 0 Å². The monoisotopic (exact) mass is 180 g/mol. The van der Waals surface area contributed by atoms with Crippen molar-refractivity contribution in [2.75, 3.05) is 0 Å². The molecule has 2 rings (SSSR count). The molecule has 0 aromatic rings. The summed E-state index contributed by atoms with van der Waals surface area (Å²) in [6.45, 7) is 4.61. The van der Waals surface area contributed by atoms with E-state index in [4.69, 9.17) is 0 Å². The molecule has 0 bridgehead atoms. The van der Waals surface area contributed by atoms with Gasteiger partial charge in [-0.2, -0.15) is 0 Å². The molecule has 74 valence electrons. The van der Waals surface area contributed by atoms with Gasteiger partial charge in [0.25, 0.3) is 0 Å². The molecule has 3 atom stereocenters. The molecule has 1 fully saturated rings. The third-order valence-corrected chi connectivity index (χ3v) is 4.30. The molecule has 1 N–H and O–H groups in total. The highest BCUT2D eigenvalue weighted by atomic mass is 16.3. The Hall–Kier alpha value is -0.300. The second kappa shape index (κ2) is 3.13. The van der Waals surface area contributed by atoms with E-state index in [-0.39, 0.29) is 6.10 Å². The molecular formula is C12H20O. The molecule has 0 aromatic carbocycles. The summed E-state index contributed by atoms with van der Waals surface area (Å²) in [4.78, 5) is 0. The van der Waals surface area contributed by atoms with Crippen LogP contribution in [0.5, 0.6) is 0 Å². The van der Waals surface area contributed by atoms with Gasteiger partial charge in [-0.25, -0.2) is 0 Å². The fourth-order valence-electron chi connectivity index (χ4n) is 3.27. The molecule has 1 spiro atoms. The lowest BCUT2D eigenvalue weighted by molar-refractivity contribution is 0.140.